The monoisotopic (exact) mass is 399 g/mol. The van der Waals surface area contributed by atoms with Crippen LogP contribution < -0.4 is 19.5 Å². The Kier molecular flexibility index (Phi) is 7.94. The first-order chi connectivity index (χ1) is 13.7. The highest BCUT2D eigenvalue weighted by molar-refractivity contribution is 5.81. The molecule has 29 heavy (non-hydrogen) atoms. The van der Waals surface area contributed by atoms with Gasteiger partial charge in [0.2, 0.25) is 0 Å². The zero-order chi connectivity index (χ0) is 21.4. The summed E-state index contributed by atoms with van der Waals surface area (Å²) in [4.78, 5) is 12.6. The van der Waals surface area contributed by atoms with Gasteiger partial charge in [0, 0.05) is 0 Å². The lowest BCUT2D eigenvalue weighted by Crippen LogP contribution is -2.44. The minimum atomic E-state index is -0.543. The summed E-state index contributed by atoms with van der Waals surface area (Å²) in [6.45, 7) is 10.7. The average molecular weight is 400 g/mol. The van der Waals surface area contributed by atoms with Crippen LogP contribution in [0.15, 0.2) is 48.5 Å². The molecule has 0 radical (unpaired) electrons. The molecule has 158 valence electrons. The zero-order valence-electron chi connectivity index (χ0n) is 18.3. The highest BCUT2D eigenvalue weighted by Gasteiger charge is 2.21. The van der Waals surface area contributed by atoms with Gasteiger partial charge in [-0.05, 0) is 60.7 Å². The Balaban J connectivity index is 1.86. The molecule has 0 aliphatic carbocycles. The number of ether oxygens (including phenoxy) is 3. The molecule has 0 saturated heterocycles. The summed E-state index contributed by atoms with van der Waals surface area (Å²) < 4.78 is 16.8. The second kappa shape index (κ2) is 10.2. The van der Waals surface area contributed by atoms with E-state index >= 15 is 0 Å². The average Bonchev–Trinajstić information content (AvgIpc) is 2.70. The molecule has 0 fully saturated rings. The molecule has 1 N–H and O–H groups in total. The summed E-state index contributed by atoms with van der Waals surface area (Å²) in [5, 5.41) is 2.97. The molecule has 2 rings (SSSR count). The van der Waals surface area contributed by atoms with Crippen molar-refractivity contribution in [1.29, 1.82) is 0 Å². The summed E-state index contributed by atoms with van der Waals surface area (Å²) in [6.07, 6.45) is 0.0396. The fraction of sp³-hybridized carbons (Fsp3) is 0.458. The Hall–Kier alpha value is -2.69. The van der Waals surface area contributed by atoms with E-state index in [4.69, 9.17) is 14.2 Å². The third-order valence-corrected chi connectivity index (χ3v) is 4.61. The van der Waals surface area contributed by atoms with Crippen molar-refractivity contribution in [1.82, 2.24) is 5.32 Å². The molecular weight excluding hydrogens is 366 g/mol. The van der Waals surface area contributed by atoms with Crippen molar-refractivity contribution in [3.05, 3.63) is 54.1 Å². The van der Waals surface area contributed by atoms with Gasteiger partial charge in [-0.2, -0.15) is 0 Å². The van der Waals surface area contributed by atoms with Crippen LogP contribution in [0.3, 0.4) is 0 Å². The van der Waals surface area contributed by atoms with E-state index in [0.717, 1.165) is 11.5 Å². The number of hydrogen-bond acceptors (Lipinski definition) is 4. The van der Waals surface area contributed by atoms with Gasteiger partial charge in [-0.3, -0.25) is 4.79 Å². The van der Waals surface area contributed by atoms with E-state index in [1.807, 2.05) is 62.4 Å². The van der Waals surface area contributed by atoms with Gasteiger partial charge >= 0.3 is 0 Å². The SMILES string of the molecule is CC[C@H](Oc1ccc(C(C)(C)C)cc1)C(=O)N[C@H](C)COc1ccc(OC)cc1. The van der Waals surface area contributed by atoms with Gasteiger partial charge in [-0.15, -0.1) is 0 Å². The number of carbonyl (C=O) groups is 1. The normalized spacial score (nSPS) is 13.3. The number of rotatable bonds is 9. The predicted molar refractivity (Wildman–Crippen MR) is 116 cm³/mol. The first-order valence-corrected chi connectivity index (χ1v) is 10.1. The Morgan fingerprint density at radius 1 is 0.966 bits per heavy atom. The highest BCUT2D eigenvalue weighted by atomic mass is 16.5. The molecule has 0 aliphatic rings. The van der Waals surface area contributed by atoms with Crippen molar-refractivity contribution in [2.75, 3.05) is 13.7 Å². The second-order valence-electron chi connectivity index (χ2n) is 8.19. The third-order valence-electron chi connectivity index (χ3n) is 4.61. The molecule has 1 amide bonds. The topological polar surface area (TPSA) is 56.8 Å². The van der Waals surface area contributed by atoms with Crippen LogP contribution in [-0.2, 0) is 10.2 Å². The van der Waals surface area contributed by atoms with Crippen molar-refractivity contribution in [2.45, 2.75) is 58.6 Å². The molecule has 0 unspecified atom stereocenters. The number of benzene rings is 2. The first-order valence-electron chi connectivity index (χ1n) is 10.1. The molecule has 0 heterocycles. The quantitative estimate of drug-likeness (QED) is 0.662. The van der Waals surface area contributed by atoms with Crippen LogP contribution in [0.5, 0.6) is 17.2 Å². The Morgan fingerprint density at radius 2 is 1.52 bits per heavy atom. The van der Waals surface area contributed by atoms with Gasteiger partial charge in [-0.1, -0.05) is 39.8 Å². The number of amides is 1. The number of carbonyl (C=O) groups excluding carboxylic acids is 1. The number of nitrogens with one attached hydrogen (secondary N) is 1. The van der Waals surface area contributed by atoms with Crippen LogP contribution in [0, 0.1) is 0 Å². The first kappa shape index (κ1) is 22.6. The van der Waals surface area contributed by atoms with Crippen LogP contribution in [0.25, 0.3) is 0 Å². The van der Waals surface area contributed by atoms with Crippen LogP contribution in [-0.4, -0.2) is 31.8 Å². The van der Waals surface area contributed by atoms with E-state index in [0.29, 0.717) is 18.8 Å². The van der Waals surface area contributed by atoms with E-state index in [2.05, 4.69) is 26.1 Å². The van der Waals surface area contributed by atoms with Crippen molar-refractivity contribution < 1.29 is 19.0 Å². The Bertz CT molecular complexity index is 763. The molecule has 5 nitrogen and oxygen atoms in total. The van der Waals surface area contributed by atoms with Gasteiger partial charge in [0.1, 0.15) is 23.9 Å². The van der Waals surface area contributed by atoms with Gasteiger partial charge < -0.3 is 19.5 Å². The maximum Gasteiger partial charge on any atom is 0.261 e. The molecule has 2 aromatic rings. The maximum absolute atomic E-state index is 12.6. The molecule has 0 aromatic heterocycles. The zero-order valence-corrected chi connectivity index (χ0v) is 18.3. The van der Waals surface area contributed by atoms with Gasteiger partial charge in [-0.25, -0.2) is 0 Å². The number of hydrogen-bond donors (Lipinski definition) is 1. The van der Waals surface area contributed by atoms with E-state index in [1.54, 1.807) is 7.11 Å². The fourth-order valence-electron chi connectivity index (χ4n) is 2.79. The molecule has 0 spiro atoms. The van der Waals surface area contributed by atoms with E-state index in [9.17, 15) is 4.79 Å². The van der Waals surface area contributed by atoms with Gasteiger partial charge in [0.05, 0.1) is 13.2 Å². The third kappa shape index (κ3) is 7.00. The number of methoxy groups -OCH3 is 1. The molecule has 2 aromatic carbocycles. The largest absolute Gasteiger partial charge is 0.497 e. The Labute approximate surface area is 174 Å². The van der Waals surface area contributed by atoms with Crippen molar-refractivity contribution >= 4 is 5.91 Å². The standard InChI is InChI=1S/C24H33NO4/c1-7-22(29-21-10-8-18(9-11-21)24(3,4)5)23(26)25-17(2)16-28-20-14-12-19(27-6)13-15-20/h8-15,17,22H,7,16H2,1-6H3,(H,25,26)/t17-,22+/m1/s1. The molecule has 2 atom stereocenters. The van der Waals surface area contributed by atoms with Crippen molar-refractivity contribution in [3.8, 4) is 17.2 Å². The van der Waals surface area contributed by atoms with Gasteiger partial charge in [0.25, 0.3) is 5.91 Å². The van der Waals surface area contributed by atoms with E-state index in [1.165, 1.54) is 5.56 Å². The summed E-state index contributed by atoms with van der Waals surface area (Å²) in [6, 6.07) is 15.1. The maximum atomic E-state index is 12.6. The summed E-state index contributed by atoms with van der Waals surface area (Å²) in [5.41, 5.74) is 1.31. The predicted octanol–water partition coefficient (Wildman–Crippen LogP) is 4.73. The molecule has 0 aliphatic heterocycles. The lowest BCUT2D eigenvalue weighted by molar-refractivity contribution is -0.128. The second-order valence-corrected chi connectivity index (χ2v) is 8.19. The van der Waals surface area contributed by atoms with Crippen LogP contribution >= 0.6 is 0 Å². The molecule has 0 bridgehead atoms. The molecular formula is C24H33NO4. The Morgan fingerprint density at radius 3 is 2.03 bits per heavy atom. The molecule has 5 heteroatoms. The van der Waals surface area contributed by atoms with Crippen LogP contribution in [0.1, 0.15) is 46.6 Å². The minimum Gasteiger partial charge on any atom is -0.497 e. The lowest BCUT2D eigenvalue weighted by atomic mass is 9.87. The van der Waals surface area contributed by atoms with E-state index in [-0.39, 0.29) is 17.4 Å². The highest BCUT2D eigenvalue weighted by Crippen LogP contribution is 2.25. The molecule has 0 saturated carbocycles. The lowest BCUT2D eigenvalue weighted by Gasteiger charge is -2.22. The van der Waals surface area contributed by atoms with Crippen molar-refractivity contribution in [3.63, 3.8) is 0 Å². The fourth-order valence-corrected chi connectivity index (χ4v) is 2.79. The van der Waals surface area contributed by atoms with Crippen molar-refractivity contribution in [2.24, 2.45) is 0 Å². The minimum absolute atomic E-state index is 0.0827. The van der Waals surface area contributed by atoms with Gasteiger partial charge in [0.15, 0.2) is 6.10 Å². The van der Waals surface area contributed by atoms with Crippen LogP contribution in [0.2, 0.25) is 0 Å². The van der Waals surface area contributed by atoms with E-state index < -0.39 is 6.10 Å². The summed E-state index contributed by atoms with van der Waals surface area (Å²) in [7, 11) is 1.62. The summed E-state index contributed by atoms with van der Waals surface area (Å²) in [5.74, 6) is 2.06. The smallest absolute Gasteiger partial charge is 0.261 e. The summed E-state index contributed by atoms with van der Waals surface area (Å²) >= 11 is 0. The van der Waals surface area contributed by atoms with Crippen LogP contribution in [0.4, 0.5) is 0 Å².